The number of nitrogens with one attached hydrogen (secondary N) is 2. The Labute approximate surface area is 156 Å². The van der Waals surface area contributed by atoms with Gasteiger partial charge in [-0.2, -0.15) is 0 Å². The van der Waals surface area contributed by atoms with Gasteiger partial charge in [0, 0.05) is 12.2 Å². The molecule has 0 saturated carbocycles. The number of ether oxygens (including phenoxy) is 1. The van der Waals surface area contributed by atoms with Crippen LogP contribution in [0.4, 0.5) is 5.69 Å². The molecular formula is C21H28N2OS. The van der Waals surface area contributed by atoms with Crippen LogP contribution in [0, 0.1) is 13.8 Å². The maximum Gasteiger partial charge on any atom is 0.170 e. The second-order valence-electron chi connectivity index (χ2n) is 6.62. The van der Waals surface area contributed by atoms with Crippen molar-refractivity contribution in [3.05, 3.63) is 59.2 Å². The number of rotatable bonds is 7. The fourth-order valence-corrected chi connectivity index (χ4v) is 2.79. The molecular weight excluding hydrogens is 328 g/mol. The number of hydrogen-bond acceptors (Lipinski definition) is 2. The zero-order chi connectivity index (χ0) is 18.2. The zero-order valence-corrected chi connectivity index (χ0v) is 16.4. The van der Waals surface area contributed by atoms with Crippen LogP contribution in [0.3, 0.4) is 0 Å². The standard InChI is InChI=1S/C21H28N2OS/c1-15(2)24-19-9-5-7-18(14-19)8-6-12-22-21(25)23-20-13-16(3)10-11-17(20)4/h5,7,9-11,13-15H,6,8,12H2,1-4H3,(H2,22,23,25). The molecule has 0 spiro atoms. The van der Waals surface area contributed by atoms with Crippen LogP contribution in [-0.4, -0.2) is 17.8 Å². The molecule has 0 amide bonds. The van der Waals surface area contributed by atoms with Crippen molar-refractivity contribution in [1.29, 1.82) is 0 Å². The first-order valence-corrected chi connectivity index (χ1v) is 9.22. The molecule has 2 aromatic rings. The van der Waals surface area contributed by atoms with E-state index in [1.807, 2.05) is 26.0 Å². The summed E-state index contributed by atoms with van der Waals surface area (Å²) in [5, 5.41) is 7.24. The van der Waals surface area contributed by atoms with E-state index in [-0.39, 0.29) is 6.10 Å². The Kier molecular flexibility index (Phi) is 7.26. The van der Waals surface area contributed by atoms with Crippen LogP contribution in [0.15, 0.2) is 42.5 Å². The van der Waals surface area contributed by atoms with Crippen LogP contribution in [0.2, 0.25) is 0 Å². The predicted octanol–water partition coefficient (Wildman–Crippen LogP) is 5.01. The molecule has 0 bridgehead atoms. The second-order valence-corrected chi connectivity index (χ2v) is 7.03. The molecule has 2 N–H and O–H groups in total. The van der Waals surface area contributed by atoms with Gasteiger partial charge in [-0.1, -0.05) is 24.3 Å². The van der Waals surface area contributed by atoms with Crippen molar-refractivity contribution in [2.45, 2.75) is 46.6 Å². The summed E-state index contributed by atoms with van der Waals surface area (Å²) in [6.45, 7) is 9.09. The Bertz CT molecular complexity index is 713. The first-order chi connectivity index (χ1) is 11.9. The summed E-state index contributed by atoms with van der Waals surface area (Å²) in [6.07, 6.45) is 2.21. The van der Waals surface area contributed by atoms with Gasteiger partial charge < -0.3 is 15.4 Å². The summed E-state index contributed by atoms with van der Waals surface area (Å²) in [6, 6.07) is 14.6. The average Bonchev–Trinajstić information content (AvgIpc) is 2.55. The lowest BCUT2D eigenvalue weighted by Crippen LogP contribution is -2.29. The highest BCUT2D eigenvalue weighted by Gasteiger charge is 2.03. The molecule has 0 unspecified atom stereocenters. The summed E-state index contributed by atoms with van der Waals surface area (Å²) in [4.78, 5) is 0. The molecule has 2 aromatic carbocycles. The molecule has 0 aliphatic heterocycles. The third kappa shape index (κ3) is 6.75. The van der Waals surface area contributed by atoms with Crippen LogP contribution in [0.25, 0.3) is 0 Å². The maximum atomic E-state index is 5.74. The number of aryl methyl sites for hydroxylation is 3. The lowest BCUT2D eigenvalue weighted by molar-refractivity contribution is 0.242. The first-order valence-electron chi connectivity index (χ1n) is 8.82. The molecule has 4 heteroatoms. The average molecular weight is 357 g/mol. The number of hydrogen-bond donors (Lipinski definition) is 2. The molecule has 0 fully saturated rings. The Morgan fingerprint density at radius 1 is 1.12 bits per heavy atom. The molecule has 0 atom stereocenters. The lowest BCUT2D eigenvalue weighted by Gasteiger charge is -2.13. The van der Waals surface area contributed by atoms with E-state index in [0.717, 1.165) is 30.8 Å². The highest BCUT2D eigenvalue weighted by atomic mass is 32.1. The minimum Gasteiger partial charge on any atom is -0.491 e. The van der Waals surface area contributed by atoms with Gasteiger partial charge in [0.15, 0.2) is 5.11 Å². The van der Waals surface area contributed by atoms with E-state index in [9.17, 15) is 0 Å². The summed E-state index contributed by atoms with van der Waals surface area (Å²) < 4.78 is 5.74. The smallest absolute Gasteiger partial charge is 0.170 e. The van der Waals surface area contributed by atoms with Gasteiger partial charge in [0.2, 0.25) is 0 Å². The maximum absolute atomic E-state index is 5.74. The third-order valence-electron chi connectivity index (χ3n) is 3.84. The van der Waals surface area contributed by atoms with E-state index >= 15 is 0 Å². The number of anilines is 1. The predicted molar refractivity (Wildman–Crippen MR) is 111 cm³/mol. The van der Waals surface area contributed by atoms with Crippen molar-refractivity contribution >= 4 is 23.0 Å². The fourth-order valence-electron chi connectivity index (χ4n) is 2.58. The second kappa shape index (κ2) is 9.42. The van der Waals surface area contributed by atoms with Crippen molar-refractivity contribution < 1.29 is 4.74 Å². The van der Waals surface area contributed by atoms with Crippen LogP contribution in [0.1, 0.15) is 37.0 Å². The Morgan fingerprint density at radius 3 is 2.68 bits per heavy atom. The quantitative estimate of drug-likeness (QED) is 0.540. The number of benzene rings is 2. The van der Waals surface area contributed by atoms with E-state index in [4.69, 9.17) is 17.0 Å². The summed E-state index contributed by atoms with van der Waals surface area (Å²) in [7, 11) is 0. The number of thiocarbonyl (C=S) groups is 1. The monoisotopic (exact) mass is 356 g/mol. The van der Waals surface area contributed by atoms with Crippen LogP contribution >= 0.6 is 12.2 Å². The molecule has 0 heterocycles. The van der Waals surface area contributed by atoms with Crippen molar-refractivity contribution in [3.8, 4) is 5.75 Å². The summed E-state index contributed by atoms with van der Waals surface area (Å²) in [5.41, 5.74) is 4.76. The van der Waals surface area contributed by atoms with E-state index in [0.29, 0.717) is 5.11 Å². The van der Waals surface area contributed by atoms with Crippen LogP contribution in [-0.2, 0) is 6.42 Å². The van der Waals surface area contributed by atoms with E-state index in [1.54, 1.807) is 0 Å². The van der Waals surface area contributed by atoms with Gasteiger partial charge in [0.25, 0.3) is 0 Å². The Morgan fingerprint density at radius 2 is 1.92 bits per heavy atom. The fraction of sp³-hybridized carbons (Fsp3) is 0.381. The normalized spacial score (nSPS) is 10.6. The molecule has 0 radical (unpaired) electrons. The largest absolute Gasteiger partial charge is 0.491 e. The van der Waals surface area contributed by atoms with Crippen molar-refractivity contribution in [2.75, 3.05) is 11.9 Å². The highest BCUT2D eigenvalue weighted by Crippen LogP contribution is 2.17. The topological polar surface area (TPSA) is 33.3 Å². The minimum atomic E-state index is 0.199. The van der Waals surface area contributed by atoms with Gasteiger partial charge in [-0.3, -0.25) is 0 Å². The van der Waals surface area contributed by atoms with E-state index in [1.165, 1.54) is 16.7 Å². The third-order valence-corrected chi connectivity index (χ3v) is 4.09. The zero-order valence-electron chi connectivity index (χ0n) is 15.6. The van der Waals surface area contributed by atoms with Crippen LogP contribution in [0.5, 0.6) is 5.75 Å². The highest BCUT2D eigenvalue weighted by molar-refractivity contribution is 7.80. The Balaban J connectivity index is 1.75. The first kappa shape index (κ1) is 19.3. The van der Waals surface area contributed by atoms with Crippen molar-refractivity contribution in [1.82, 2.24) is 5.32 Å². The lowest BCUT2D eigenvalue weighted by atomic mass is 10.1. The van der Waals surface area contributed by atoms with Crippen molar-refractivity contribution in [3.63, 3.8) is 0 Å². The van der Waals surface area contributed by atoms with E-state index in [2.05, 4.69) is 54.8 Å². The van der Waals surface area contributed by atoms with Gasteiger partial charge in [0.1, 0.15) is 5.75 Å². The van der Waals surface area contributed by atoms with Gasteiger partial charge >= 0.3 is 0 Å². The molecule has 134 valence electrons. The molecule has 0 aliphatic carbocycles. The molecule has 0 saturated heterocycles. The van der Waals surface area contributed by atoms with Gasteiger partial charge in [0.05, 0.1) is 6.10 Å². The molecule has 2 rings (SSSR count). The van der Waals surface area contributed by atoms with Crippen molar-refractivity contribution in [2.24, 2.45) is 0 Å². The van der Waals surface area contributed by atoms with Crippen LogP contribution < -0.4 is 15.4 Å². The van der Waals surface area contributed by atoms with Gasteiger partial charge in [-0.15, -0.1) is 0 Å². The minimum absolute atomic E-state index is 0.199. The van der Waals surface area contributed by atoms with Gasteiger partial charge in [-0.25, -0.2) is 0 Å². The molecule has 0 aliphatic rings. The molecule has 3 nitrogen and oxygen atoms in total. The van der Waals surface area contributed by atoms with E-state index < -0.39 is 0 Å². The van der Waals surface area contributed by atoms with Gasteiger partial charge in [-0.05, 0) is 87.6 Å². The summed E-state index contributed by atoms with van der Waals surface area (Å²) >= 11 is 5.39. The SMILES string of the molecule is Cc1ccc(C)c(NC(=S)NCCCc2cccc(OC(C)C)c2)c1. The Hall–Kier alpha value is -2.07. The molecule has 25 heavy (non-hydrogen) atoms. The summed E-state index contributed by atoms with van der Waals surface area (Å²) in [5.74, 6) is 0.938. The molecule has 0 aromatic heterocycles.